The van der Waals surface area contributed by atoms with Crippen LogP contribution in [0.25, 0.3) is 0 Å². The van der Waals surface area contributed by atoms with E-state index in [0.29, 0.717) is 19.1 Å². The van der Waals surface area contributed by atoms with Crippen molar-refractivity contribution in [3.8, 4) is 0 Å². The van der Waals surface area contributed by atoms with Crippen LogP contribution in [0.5, 0.6) is 0 Å². The maximum Gasteiger partial charge on any atom is 0.129 e. The molecule has 0 aromatic carbocycles. The van der Waals surface area contributed by atoms with Gasteiger partial charge in [-0.25, -0.2) is 4.98 Å². The molecule has 4 nitrogen and oxygen atoms in total. The van der Waals surface area contributed by atoms with Crippen LogP contribution in [0.3, 0.4) is 0 Å². The van der Waals surface area contributed by atoms with Crippen LogP contribution in [0.4, 0.5) is 5.82 Å². The number of aryl methyl sites for hydroxylation is 1. The van der Waals surface area contributed by atoms with Crippen LogP contribution in [0.2, 0.25) is 0 Å². The van der Waals surface area contributed by atoms with Crippen molar-refractivity contribution in [2.45, 2.75) is 40.2 Å². The summed E-state index contributed by atoms with van der Waals surface area (Å²) in [5.74, 6) is 1.62. The summed E-state index contributed by atoms with van der Waals surface area (Å²) in [5.41, 5.74) is 8.11. The van der Waals surface area contributed by atoms with Crippen molar-refractivity contribution in [2.75, 3.05) is 31.7 Å². The minimum absolute atomic E-state index is 0.562. The van der Waals surface area contributed by atoms with Crippen LogP contribution in [0, 0.1) is 5.92 Å². The summed E-state index contributed by atoms with van der Waals surface area (Å²) in [5, 5.41) is 0. The van der Waals surface area contributed by atoms with E-state index < -0.39 is 0 Å². The molecular weight excluding hydrogens is 250 g/mol. The predicted octanol–water partition coefficient (Wildman–Crippen LogP) is 2.60. The zero-order valence-corrected chi connectivity index (χ0v) is 13.4. The van der Waals surface area contributed by atoms with Crippen molar-refractivity contribution in [1.29, 1.82) is 0 Å². The zero-order chi connectivity index (χ0) is 15.0. The van der Waals surface area contributed by atoms with Gasteiger partial charge in [-0.05, 0) is 30.0 Å². The molecule has 0 radical (unpaired) electrons. The first-order valence-corrected chi connectivity index (χ1v) is 7.54. The molecule has 0 amide bonds. The van der Waals surface area contributed by atoms with Crippen molar-refractivity contribution >= 4 is 5.82 Å². The SMILES string of the molecule is CCCc1cc(CN)cc(N(CCOC)CC(C)C)n1. The summed E-state index contributed by atoms with van der Waals surface area (Å²) < 4.78 is 5.22. The molecule has 1 aromatic heterocycles. The molecular formula is C16H29N3O. The molecule has 1 heterocycles. The highest BCUT2D eigenvalue weighted by atomic mass is 16.5. The summed E-state index contributed by atoms with van der Waals surface area (Å²) >= 11 is 0. The minimum Gasteiger partial charge on any atom is -0.383 e. The van der Waals surface area contributed by atoms with E-state index >= 15 is 0 Å². The number of rotatable bonds is 9. The van der Waals surface area contributed by atoms with Gasteiger partial charge < -0.3 is 15.4 Å². The molecule has 0 aliphatic rings. The number of anilines is 1. The van der Waals surface area contributed by atoms with Gasteiger partial charge in [0.25, 0.3) is 0 Å². The van der Waals surface area contributed by atoms with Crippen molar-refractivity contribution in [3.05, 3.63) is 23.4 Å². The Balaban J connectivity index is 2.99. The van der Waals surface area contributed by atoms with E-state index in [9.17, 15) is 0 Å². The molecule has 0 spiro atoms. The Morgan fingerprint density at radius 2 is 2.10 bits per heavy atom. The topological polar surface area (TPSA) is 51.4 Å². The van der Waals surface area contributed by atoms with Crippen LogP contribution < -0.4 is 10.6 Å². The Bertz CT molecular complexity index is 393. The molecule has 1 aromatic rings. The predicted molar refractivity (Wildman–Crippen MR) is 85.1 cm³/mol. The van der Waals surface area contributed by atoms with E-state index in [2.05, 4.69) is 37.8 Å². The highest BCUT2D eigenvalue weighted by Crippen LogP contribution is 2.17. The van der Waals surface area contributed by atoms with E-state index in [-0.39, 0.29) is 0 Å². The van der Waals surface area contributed by atoms with Crippen molar-refractivity contribution < 1.29 is 4.74 Å². The number of methoxy groups -OCH3 is 1. The molecule has 4 heteroatoms. The Morgan fingerprint density at radius 3 is 2.65 bits per heavy atom. The molecule has 0 atom stereocenters. The van der Waals surface area contributed by atoms with Crippen molar-refractivity contribution in [2.24, 2.45) is 11.7 Å². The summed E-state index contributed by atoms with van der Waals surface area (Å²) in [4.78, 5) is 7.09. The second-order valence-corrected chi connectivity index (χ2v) is 5.61. The molecule has 0 saturated carbocycles. The van der Waals surface area contributed by atoms with Gasteiger partial charge in [-0.15, -0.1) is 0 Å². The maximum absolute atomic E-state index is 5.81. The fraction of sp³-hybridized carbons (Fsp3) is 0.688. The lowest BCUT2D eigenvalue weighted by Gasteiger charge is -2.26. The highest BCUT2D eigenvalue weighted by molar-refractivity contribution is 5.43. The summed E-state index contributed by atoms with van der Waals surface area (Å²) in [6.07, 6.45) is 2.10. The Morgan fingerprint density at radius 1 is 1.35 bits per heavy atom. The summed E-state index contributed by atoms with van der Waals surface area (Å²) in [6.45, 7) is 9.74. The molecule has 0 bridgehead atoms. The van der Waals surface area contributed by atoms with Gasteiger partial charge in [-0.1, -0.05) is 27.2 Å². The van der Waals surface area contributed by atoms with E-state index in [1.54, 1.807) is 7.11 Å². The molecule has 114 valence electrons. The fourth-order valence-corrected chi connectivity index (χ4v) is 2.24. The van der Waals surface area contributed by atoms with Gasteiger partial charge in [0.1, 0.15) is 5.82 Å². The number of aromatic nitrogens is 1. The number of hydrogen-bond donors (Lipinski definition) is 1. The Hall–Kier alpha value is -1.13. The van der Waals surface area contributed by atoms with Gasteiger partial charge >= 0.3 is 0 Å². The van der Waals surface area contributed by atoms with Crippen molar-refractivity contribution in [3.63, 3.8) is 0 Å². The first-order valence-electron chi connectivity index (χ1n) is 7.54. The van der Waals surface area contributed by atoms with Crippen LogP contribution in [-0.2, 0) is 17.7 Å². The quantitative estimate of drug-likeness (QED) is 0.755. The van der Waals surface area contributed by atoms with Gasteiger partial charge in [0, 0.05) is 32.4 Å². The second kappa shape index (κ2) is 8.93. The largest absolute Gasteiger partial charge is 0.383 e. The smallest absolute Gasteiger partial charge is 0.129 e. The third kappa shape index (κ3) is 5.47. The Kier molecular flexibility index (Phi) is 7.55. The van der Waals surface area contributed by atoms with E-state index in [1.165, 1.54) is 0 Å². The Labute approximate surface area is 123 Å². The average Bonchev–Trinajstić information content (AvgIpc) is 2.43. The molecule has 0 saturated heterocycles. The van der Waals surface area contributed by atoms with E-state index in [1.807, 2.05) is 0 Å². The summed E-state index contributed by atoms with van der Waals surface area (Å²) in [6, 6.07) is 4.23. The molecule has 0 aliphatic heterocycles. The fourth-order valence-electron chi connectivity index (χ4n) is 2.24. The molecule has 0 unspecified atom stereocenters. The first-order chi connectivity index (χ1) is 9.60. The minimum atomic E-state index is 0.562. The van der Waals surface area contributed by atoms with E-state index in [0.717, 1.165) is 43.0 Å². The van der Waals surface area contributed by atoms with Crippen molar-refractivity contribution in [1.82, 2.24) is 4.98 Å². The highest BCUT2D eigenvalue weighted by Gasteiger charge is 2.12. The molecule has 2 N–H and O–H groups in total. The third-order valence-electron chi connectivity index (χ3n) is 3.14. The third-order valence-corrected chi connectivity index (χ3v) is 3.14. The van der Waals surface area contributed by atoms with Gasteiger partial charge in [0.05, 0.1) is 6.61 Å². The lowest BCUT2D eigenvalue weighted by Crippen LogP contribution is -2.32. The molecule has 0 aliphatic carbocycles. The number of ether oxygens (including phenoxy) is 1. The monoisotopic (exact) mass is 279 g/mol. The lowest BCUT2D eigenvalue weighted by molar-refractivity contribution is 0.204. The average molecular weight is 279 g/mol. The number of pyridine rings is 1. The van der Waals surface area contributed by atoms with Crippen LogP contribution in [0.1, 0.15) is 38.4 Å². The molecule has 0 fully saturated rings. The van der Waals surface area contributed by atoms with E-state index in [4.69, 9.17) is 15.5 Å². The normalized spacial score (nSPS) is 11.1. The zero-order valence-electron chi connectivity index (χ0n) is 13.4. The van der Waals surface area contributed by atoms with Crippen LogP contribution in [0.15, 0.2) is 12.1 Å². The number of nitrogens with two attached hydrogens (primary N) is 1. The van der Waals surface area contributed by atoms with Gasteiger partial charge in [0.15, 0.2) is 0 Å². The number of hydrogen-bond acceptors (Lipinski definition) is 4. The maximum atomic E-state index is 5.81. The standard InChI is InChI=1S/C16H29N3O/c1-5-6-15-9-14(11-17)10-16(18-15)19(7-8-20-4)12-13(2)3/h9-10,13H,5-8,11-12,17H2,1-4H3. The second-order valence-electron chi connectivity index (χ2n) is 5.61. The van der Waals surface area contributed by atoms with Gasteiger partial charge in [0.2, 0.25) is 0 Å². The summed E-state index contributed by atoms with van der Waals surface area (Å²) in [7, 11) is 1.74. The van der Waals surface area contributed by atoms with Crippen LogP contribution in [-0.4, -0.2) is 31.8 Å². The number of nitrogens with zero attached hydrogens (tertiary/aromatic N) is 2. The molecule has 1 rings (SSSR count). The lowest BCUT2D eigenvalue weighted by atomic mass is 10.1. The van der Waals surface area contributed by atoms with Crippen LogP contribution >= 0.6 is 0 Å². The van der Waals surface area contributed by atoms with Gasteiger partial charge in [-0.3, -0.25) is 0 Å². The first kappa shape index (κ1) is 16.9. The van der Waals surface area contributed by atoms with Gasteiger partial charge in [-0.2, -0.15) is 0 Å². The molecule has 20 heavy (non-hydrogen) atoms.